The Morgan fingerprint density at radius 1 is 1.36 bits per heavy atom. The van der Waals surface area contributed by atoms with Gasteiger partial charge in [0.1, 0.15) is 16.9 Å². The minimum atomic E-state index is -0.569. The molecule has 3 rings (SSSR count). The molecule has 0 aromatic carbocycles. The van der Waals surface area contributed by atoms with E-state index in [-0.39, 0.29) is 0 Å². The highest BCUT2D eigenvalue weighted by Crippen LogP contribution is 2.29. The number of nitrogens with zero attached hydrogens (tertiary/aromatic N) is 3. The SMILES string of the molecule is COc1ccnc(CSc2nc3cscc3n2C(=O)OC(C)(C)C)c1. The Hall–Kier alpha value is -2.06. The molecule has 25 heavy (non-hydrogen) atoms. The van der Waals surface area contributed by atoms with Crippen LogP contribution in [0.25, 0.3) is 11.0 Å². The fourth-order valence-corrected chi connectivity index (χ4v) is 3.80. The molecule has 0 bridgehead atoms. The van der Waals surface area contributed by atoms with E-state index in [2.05, 4.69) is 9.97 Å². The number of carbonyl (C=O) groups is 1. The predicted molar refractivity (Wildman–Crippen MR) is 99.6 cm³/mol. The van der Waals surface area contributed by atoms with E-state index in [0.29, 0.717) is 10.9 Å². The topological polar surface area (TPSA) is 66.2 Å². The second kappa shape index (κ2) is 7.05. The quantitative estimate of drug-likeness (QED) is 0.620. The standard InChI is InChI=1S/C17H19N3O3S2/c1-17(2,3)23-16(21)20-14-10-24-9-13(14)19-15(20)25-8-11-7-12(22-4)5-6-18-11/h5-7,9-10H,8H2,1-4H3. The monoisotopic (exact) mass is 377 g/mol. The largest absolute Gasteiger partial charge is 0.497 e. The number of thiophene rings is 1. The first-order valence-corrected chi connectivity index (χ1v) is 9.60. The predicted octanol–water partition coefficient (Wildman–Crippen LogP) is 4.58. The van der Waals surface area contributed by atoms with Crippen LogP contribution in [0.3, 0.4) is 0 Å². The molecule has 8 heteroatoms. The van der Waals surface area contributed by atoms with Crippen molar-refractivity contribution in [2.24, 2.45) is 0 Å². The first-order valence-electron chi connectivity index (χ1n) is 7.67. The van der Waals surface area contributed by atoms with E-state index in [4.69, 9.17) is 9.47 Å². The third-order valence-electron chi connectivity index (χ3n) is 3.22. The van der Waals surface area contributed by atoms with Crippen LogP contribution in [0.4, 0.5) is 4.79 Å². The van der Waals surface area contributed by atoms with Gasteiger partial charge in [-0.1, -0.05) is 11.8 Å². The Kier molecular flexibility index (Phi) is 5.01. The first-order chi connectivity index (χ1) is 11.9. The molecular formula is C17H19N3O3S2. The summed E-state index contributed by atoms with van der Waals surface area (Å²) < 4.78 is 12.3. The molecule has 3 aromatic heterocycles. The van der Waals surface area contributed by atoms with Gasteiger partial charge in [0, 0.05) is 28.8 Å². The molecule has 0 amide bonds. The lowest BCUT2D eigenvalue weighted by Crippen LogP contribution is -2.27. The van der Waals surface area contributed by atoms with Gasteiger partial charge in [-0.05, 0) is 26.8 Å². The van der Waals surface area contributed by atoms with Gasteiger partial charge in [0.05, 0.1) is 18.3 Å². The maximum absolute atomic E-state index is 12.6. The van der Waals surface area contributed by atoms with Crippen LogP contribution in [0.5, 0.6) is 5.75 Å². The maximum Gasteiger partial charge on any atom is 0.421 e. The Morgan fingerprint density at radius 3 is 2.88 bits per heavy atom. The second-order valence-electron chi connectivity index (χ2n) is 6.33. The molecule has 0 aliphatic heterocycles. The number of carbonyl (C=O) groups excluding carboxylic acids is 1. The Labute approximate surface area is 154 Å². The van der Waals surface area contributed by atoms with Crippen LogP contribution in [0.1, 0.15) is 26.5 Å². The molecule has 6 nitrogen and oxygen atoms in total. The fraction of sp³-hybridized carbons (Fsp3) is 0.353. The van der Waals surface area contributed by atoms with Crippen molar-refractivity contribution in [3.63, 3.8) is 0 Å². The molecule has 132 valence electrons. The molecule has 0 N–H and O–H groups in total. The Bertz CT molecular complexity index is 896. The van der Waals surface area contributed by atoms with Gasteiger partial charge in [0.2, 0.25) is 0 Å². The molecule has 0 aliphatic carbocycles. The normalized spacial score (nSPS) is 11.7. The van der Waals surface area contributed by atoms with Crippen LogP contribution >= 0.6 is 23.1 Å². The first kappa shape index (κ1) is 17.8. The van der Waals surface area contributed by atoms with Crippen molar-refractivity contribution >= 4 is 40.2 Å². The van der Waals surface area contributed by atoms with Gasteiger partial charge in [-0.3, -0.25) is 4.98 Å². The number of aromatic nitrogens is 3. The number of methoxy groups -OCH3 is 1. The Morgan fingerprint density at radius 2 is 2.16 bits per heavy atom. The van der Waals surface area contributed by atoms with Gasteiger partial charge < -0.3 is 9.47 Å². The molecule has 3 aromatic rings. The third-order valence-corrected chi connectivity index (χ3v) is 4.91. The molecule has 0 saturated carbocycles. The Balaban J connectivity index is 1.86. The van der Waals surface area contributed by atoms with Gasteiger partial charge in [0.25, 0.3) is 0 Å². The van der Waals surface area contributed by atoms with Crippen molar-refractivity contribution in [3.05, 3.63) is 34.8 Å². The summed E-state index contributed by atoms with van der Waals surface area (Å²) in [5.74, 6) is 1.32. The van der Waals surface area contributed by atoms with Crippen LogP contribution in [0, 0.1) is 0 Å². The van der Waals surface area contributed by atoms with Crippen LogP contribution in [-0.2, 0) is 10.5 Å². The summed E-state index contributed by atoms with van der Waals surface area (Å²) in [5, 5.41) is 4.42. The lowest BCUT2D eigenvalue weighted by atomic mass is 10.2. The number of hydrogen-bond donors (Lipinski definition) is 0. The average Bonchev–Trinajstić information content (AvgIpc) is 3.11. The van der Waals surface area contributed by atoms with Crippen LogP contribution < -0.4 is 4.74 Å². The zero-order valence-corrected chi connectivity index (χ0v) is 16.1. The highest BCUT2D eigenvalue weighted by molar-refractivity contribution is 7.98. The number of rotatable bonds is 4. The summed E-state index contributed by atoms with van der Waals surface area (Å²) in [6.07, 6.45) is 1.28. The van der Waals surface area contributed by atoms with Crippen LogP contribution in [0.2, 0.25) is 0 Å². The van der Waals surface area contributed by atoms with Gasteiger partial charge >= 0.3 is 6.09 Å². The fourth-order valence-electron chi connectivity index (χ4n) is 2.17. The number of hydrogen-bond acceptors (Lipinski definition) is 7. The minimum Gasteiger partial charge on any atom is -0.497 e. The summed E-state index contributed by atoms with van der Waals surface area (Å²) in [7, 11) is 1.62. The van der Waals surface area contributed by atoms with Gasteiger partial charge in [-0.2, -0.15) is 0 Å². The number of thioether (sulfide) groups is 1. The van der Waals surface area contributed by atoms with Crippen molar-refractivity contribution in [2.75, 3.05) is 7.11 Å². The summed E-state index contributed by atoms with van der Waals surface area (Å²) in [5.41, 5.74) is 1.84. The zero-order valence-electron chi connectivity index (χ0n) is 14.5. The summed E-state index contributed by atoms with van der Waals surface area (Å²) in [4.78, 5) is 21.5. The molecule has 0 spiro atoms. The molecule has 0 aliphatic rings. The smallest absolute Gasteiger partial charge is 0.421 e. The summed E-state index contributed by atoms with van der Waals surface area (Å²) >= 11 is 2.95. The molecule has 0 atom stereocenters. The minimum absolute atomic E-state index is 0.422. The number of imidazole rings is 1. The van der Waals surface area contributed by atoms with Gasteiger partial charge in [-0.15, -0.1) is 11.3 Å². The lowest BCUT2D eigenvalue weighted by Gasteiger charge is -2.20. The van der Waals surface area contributed by atoms with E-state index in [1.807, 2.05) is 37.6 Å². The highest BCUT2D eigenvalue weighted by Gasteiger charge is 2.23. The second-order valence-corrected chi connectivity index (χ2v) is 8.01. The molecule has 3 heterocycles. The van der Waals surface area contributed by atoms with E-state index < -0.39 is 11.7 Å². The van der Waals surface area contributed by atoms with Crippen molar-refractivity contribution in [3.8, 4) is 5.75 Å². The average molecular weight is 377 g/mol. The van der Waals surface area contributed by atoms with E-state index in [1.54, 1.807) is 19.4 Å². The van der Waals surface area contributed by atoms with E-state index in [9.17, 15) is 4.79 Å². The maximum atomic E-state index is 12.6. The highest BCUT2D eigenvalue weighted by atomic mass is 32.2. The third kappa shape index (κ3) is 4.13. The summed E-state index contributed by atoms with van der Waals surface area (Å²) in [6.45, 7) is 5.54. The van der Waals surface area contributed by atoms with Gasteiger partial charge in [0.15, 0.2) is 5.16 Å². The van der Waals surface area contributed by atoms with E-state index >= 15 is 0 Å². The molecule has 0 fully saturated rings. The van der Waals surface area contributed by atoms with Gasteiger partial charge in [-0.25, -0.2) is 14.3 Å². The number of fused-ring (bicyclic) bond motifs is 1. The van der Waals surface area contributed by atoms with Crippen LogP contribution in [-0.4, -0.2) is 33.3 Å². The number of pyridine rings is 1. The van der Waals surface area contributed by atoms with Crippen molar-refractivity contribution in [2.45, 2.75) is 37.3 Å². The van der Waals surface area contributed by atoms with Crippen molar-refractivity contribution in [1.82, 2.24) is 14.5 Å². The number of ether oxygens (including phenoxy) is 2. The summed E-state index contributed by atoms with van der Waals surface area (Å²) in [6, 6.07) is 3.67. The lowest BCUT2D eigenvalue weighted by molar-refractivity contribution is 0.0529. The molecule has 0 unspecified atom stereocenters. The molecule has 0 radical (unpaired) electrons. The van der Waals surface area contributed by atoms with Crippen molar-refractivity contribution < 1.29 is 14.3 Å². The molecular weight excluding hydrogens is 358 g/mol. The zero-order chi connectivity index (χ0) is 18.0. The van der Waals surface area contributed by atoms with E-state index in [1.165, 1.54) is 27.7 Å². The van der Waals surface area contributed by atoms with E-state index in [0.717, 1.165) is 22.5 Å². The van der Waals surface area contributed by atoms with Crippen molar-refractivity contribution in [1.29, 1.82) is 0 Å². The van der Waals surface area contributed by atoms with Crippen LogP contribution in [0.15, 0.2) is 34.2 Å². The molecule has 0 saturated heterocycles.